The molecule has 1 aliphatic rings. The molecule has 1 heterocycles. The van der Waals surface area contributed by atoms with Gasteiger partial charge in [-0.25, -0.2) is 0 Å². The molecule has 0 fully saturated rings. The van der Waals surface area contributed by atoms with Crippen molar-refractivity contribution in [1.82, 2.24) is 15.0 Å². The Hall–Kier alpha value is -2.11. The van der Waals surface area contributed by atoms with Gasteiger partial charge >= 0.3 is 0 Å². The molecule has 0 spiro atoms. The van der Waals surface area contributed by atoms with Crippen molar-refractivity contribution in [3.63, 3.8) is 0 Å². The Kier molecular flexibility index (Phi) is 2.02. The summed E-state index contributed by atoms with van der Waals surface area (Å²) in [7, 11) is 0. The number of hydrogen-bond acceptors (Lipinski definition) is 6. The second-order valence-electron chi connectivity index (χ2n) is 2.80. The fourth-order valence-corrected chi connectivity index (χ4v) is 1.15. The molecule has 0 aromatic carbocycles. The molecule has 6 nitrogen and oxygen atoms in total. The summed E-state index contributed by atoms with van der Waals surface area (Å²) >= 11 is 0. The number of nitrogen functional groups attached to an aromatic ring is 2. The van der Waals surface area contributed by atoms with Crippen LogP contribution < -0.4 is 16.8 Å². The molecule has 0 amide bonds. The Morgan fingerprint density at radius 2 is 1.86 bits per heavy atom. The Bertz CT molecular complexity index is 388. The summed E-state index contributed by atoms with van der Waals surface area (Å²) in [6.45, 7) is 0. The molecule has 0 radical (unpaired) electrons. The third-order valence-electron chi connectivity index (χ3n) is 1.70. The summed E-state index contributed by atoms with van der Waals surface area (Å²) < 4.78 is 0. The van der Waals surface area contributed by atoms with Crippen LogP contribution in [0.5, 0.6) is 0 Å². The van der Waals surface area contributed by atoms with E-state index >= 15 is 0 Å². The number of allylic oxidation sites excluding steroid dienone is 3. The molecule has 5 N–H and O–H groups in total. The van der Waals surface area contributed by atoms with Gasteiger partial charge in [-0.05, 0) is 12.5 Å². The van der Waals surface area contributed by atoms with Crippen molar-refractivity contribution < 1.29 is 0 Å². The third-order valence-corrected chi connectivity index (χ3v) is 1.70. The fraction of sp³-hybridized carbons (Fsp3) is 0.125. The highest BCUT2D eigenvalue weighted by Crippen LogP contribution is 2.12. The van der Waals surface area contributed by atoms with Gasteiger partial charge in [0.1, 0.15) is 0 Å². The van der Waals surface area contributed by atoms with Crippen molar-refractivity contribution in [2.24, 2.45) is 0 Å². The maximum Gasteiger partial charge on any atom is 0.233 e. The molecule has 2 rings (SSSR count). The van der Waals surface area contributed by atoms with Gasteiger partial charge in [-0.15, -0.1) is 0 Å². The molecule has 0 saturated carbocycles. The molecule has 0 atom stereocenters. The summed E-state index contributed by atoms with van der Waals surface area (Å²) in [5.74, 6) is 0.595. The van der Waals surface area contributed by atoms with Crippen LogP contribution in [0.1, 0.15) is 6.42 Å². The molecule has 72 valence electrons. The molecular formula is C8H10N6. The van der Waals surface area contributed by atoms with Gasteiger partial charge < -0.3 is 16.8 Å². The van der Waals surface area contributed by atoms with Crippen molar-refractivity contribution in [3.8, 4) is 0 Å². The van der Waals surface area contributed by atoms with Crippen molar-refractivity contribution in [2.75, 3.05) is 16.8 Å². The Morgan fingerprint density at radius 3 is 2.43 bits per heavy atom. The number of nitrogens with two attached hydrogens (primary N) is 2. The van der Waals surface area contributed by atoms with E-state index in [1.54, 1.807) is 0 Å². The zero-order chi connectivity index (χ0) is 9.97. The zero-order valence-electron chi connectivity index (χ0n) is 7.44. The van der Waals surface area contributed by atoms with Gasteiger partial charge in [-0.1, -0.05) is 12.2 Å². The Morgan fingerprint density at radius 1 is 1.14 bits per heavy atom. The number of rotatable bonds is 2. The number of hydrogen-bond donors (Lipinski definition) is 3. The molecule has 6 heteroatoms. The van der Waals surface area contributed by atoms with Crippen LogP contribution >= 0.6 is 0 Å². The van der Waals surface area contributed by atoms with Gasteiger partial charge in [0, 0.05) is 5.70 Å². The van der Waals surface area contributed by atoms with E-state index in [2.05, 4.69) is 20.3 Å². The Balaban J connectivity index is 2.20. The van der Waals surface area contributed by atoms with Crippen LogP contribution in [0.25, 0.3) is 0 Å². The first-order chi connectivity index (χ1) is 6.74. The normalized spacial score (nSPS) is 14.1. The summed E-state index contributed by atoms with van der Waals surface area (Å²) in [6, 6.07) is 0. The van der Waals surface area contributed by atoms with Gasteiger partial charge in [-0.2, -0.15) is 15.0 Å². The van der Waals surface area contributed by atoms with Gasteiger partial charge in [0.25, 0.3) is 0 Å². The van der Waals surface area contributed by atoms with E-state index in [4.69, 9.17) is 11.5 Å². The van der Waals surface area contributed by atoms with Crippen molar-refractivity contribution >= 4 is 17.8 Å². The largest absolute Gasteiger partial charge is 0.368 e. The van der Waals surface area contributed by atoms with E-state index in [0.717, 1.165) is 12.1 Å². The summed E-state index contributed by atoms with van der Waals surface area (Å²) in [6.07, 6.45) is 6.89. The molecule has 0 bridgehead atoms. The lowest BCUT2D eigenvalue weighted by Crippen LogP contribution is -2.07. The SMILES string of the molecule is Nc1nc(N)nc(NC2=CCC=C2)n1. The highest BCUT2D eigenvalue weighted by atomic mass is 15.2. The van der Waals surface area contributed by atoms with E-state index in [0.29, 0.717) is 5.95 Å². The first-order valence-corrected chi connectivity index (χ1v) is 4.15. The van der Waals surface area contributed by atoms with Crippen LogP contribution in [0.3, 0.4) is 0 Å². The molecular weight excluding hydrogens is 180 g/mol. The summed E-state index contributed by atoms with van der Waals surface area (Å²) in [5, 5.41) is 2.97. The lowest BCUT2D eigenvalue weighted by atomic mass is 10.4. The summed E-state index contributed by atoms with van der Waals surface area (Å²) in [5.41, 5.74) is 11.8. The standard InChI is InChI=1S/C8H10N6/c9-6-12-7(10)14-8(13-6)11-5-3-1-2-4-5/h1,3-4H,2H2,(H5,9,10,11,12,13,14). The topological polar surface area (TPSA) is 103 Å². The van der Waals surface area contributed by atoms with E-state index in [-0.39, 0.29) is 11.9 Å². The third kappa shape index (κ3) is 1.79. The monoisotopic (exact) mass is 190 g/mol. The van der Waals surface area contributed by atoms with E-state index < -0.39 is 0 Å². The van der Waals surface area contributed by atoms with Crippen molar-refractivity contribution in [3.05, 3.63) is 23.9 Å². The molecule has 0 unspecified atom stereocenters. The van der Waals surface area contributed by atoms with Gasteiger partial charge in [0.2, 0.25) is 17.8 Å². The second-order valence-corrected chi connectivity index (χ2v) is 2.80. The van der Waals surface area contributed by atoms with Crippen LogP contribution in [0, 0.1) is 0 Å². The van der Waals surface area contributed by atoms with E-state index in [1.807, 2.05) is 18.2 Å². The number of anilines is 3. The average molecular weight is 190 g/mol. The first-order valence-electron chi connectivity index (χ1n) is 4.15. The molecule has 0 aliphatic heterocycles. The molecule has 0 saturated heterocycles. The zero-order valence-corrected chi connectivity index (χ0v) is 7.44. The van der Waals surface area contributed by atoms with Crippen LogP contribution in [0.15, 0.2) is 23.9 Å². The van der Waals surface area contributed by atoms with Gasteiger partial charge in [-0.3, -0.25) is 0 Å². The van der Waals surface area contributed by atoms with Crippen molar-refractivity contribution in [1.29, 1.82) is 0 Å². The highest BCUT2D eigenvalue weighted by Gasteiger charge is 2.03. The number of aromatic nitrogens is 3. The number of nitrogens with zero attached hydrogens (tertiary/aromatic N) is 3. The second kappa shape index (κ2) is 3.33. The fourth-order valence-electron chi connectivity index (χ4n) is 1.15. The predicted molar refractivity (Wildman–Crippen MR) is 54.1 cm³/mol. The molecule has 1 aromatic heterocycles. The first kappa shape index (κ1) is 8.49. The highest BCUT2D eigenvalue weighted by molar-refractivity contribution is 5.46. The van der Waals surface area contributed by atoms with Crippen LogP contribution in [0.4, 0.5) is 17.8 Å². The van der Waals surface area contributed by atoms with Crippen LogP contribution in [0.2, 0.25) is 0 Å². The van der Waals surface area contributed by atoms with Crippen LogP contribution in [-0.2, 0) is 0 Å². The lowest BCUT2D eigenvalue weighted by Gasteiger charge is -2.04. The predicted octanol–water partition coefficient (Wildman–Crippen LogP) is 0.292. The maximum absolute atomic E-state index is 5.41. The average Bonchev–Trinajstić information content (AvgIpc) is 2.54. The minimum Gasteiger partial charge on any atom is -0.368 e. The van der Waals surface area contributed by atoms with Gasteiger partial charge in [0.15, 0.2) is 0 Å². The minimum absolute atomic E-state index is 0.113. The molecule has 1 aromatic rings. The molecule has 1 aliphatic carbocycles. The quantitative estimate of drug-likeness (QED) is 0.619. The Labute approximate surface area is 80.8 Å². The minimum atomic E-state index is 0.113. The van der Waals surface area contributed by atoms with E-state index in [9.17, 15) is 0 Å². The summed E-state index contributed by atoms with van der Waals surface area (Å²) in [4.78, 5) is 11.4. The van der Waals surface area contributed by atoms with Gasteiger partial charge in [0.05, 0.1) is 0 Å². The number of nitrogens with one attached hydrogen (secondary N) is 1. The van der Waals surface area contributed by atoms with Crippen LogP contribution in [-0.4, -0.2) is 15.0 Å². The molecule has 14 heavy (non-hydrogen) atoms. The van der Waals surface area contributed by atoms with Crippen molar-refractivity contribution in [2.45, 2.75) is 6.42 Å². The maximum atomic E-state index is 5.41. The van der Waals surface area contributed by atoms with E-state index in [1.165, 1.54) is 0 Å². The smallest absolute Gasteiger partial charge is 0.233 e. The lowest BCUT2D eigenvalue weighted by molar-refractivity contribution is 1.08.